The Bertz CT molecular complexity index is 1100. The van der Waals surface area contributed by atoms with Crippen molar-refractivity contribution in [3.8, 4) is 11.5 Å². The Morgan fingerprint density at radius 2 is 1.72 bits per heavy atom. The quantitative estimate of drug-likeness (QED) is 0.247. The summed E-state index contributed by atoms with van der Waals surface area (Å²) in [6.45, 7) is 1.08. The van der Waals surface area contributed by atoms with Crippen LogP contribution in [0.25, 0.3) is 22.5 Å². The molecule has 0 fully saturated rings. The minimum Gasteiger partial charge on any atom is -0.444 e. The van der Waals surface area contributed by atoms with Gasteiger partial charge in [0.15, 0.2) is 5.96 Å². The zero-order valence-corrected chi connectivity index (χ0v) is 18.6. The van der Waals surface area contributed by atoms with Crippen molar-refractivity contribution in [2.24, 2.45) is 12.0 Å². The van der Waals surface area contributed by atoms with Crippen molar-refractivity contribution in [3.63, 3.8) is 0 Å². The average molecular weight is 502 g/mol. The molecule has 0 aliphatic carbocycles. The number of hydrogen-bond acceptors (Lipinski definition) is 4. The molecule has 8 heteroatoms. The SMILES string of the molecule is CN=C(NCc1coc(-c2ccccc2)n1)NCc1nc2ccccc2n1C.I. The van der Waals surface area contributed by atoms with Crippen LogP contribution in [0, 0.1) is 0 Å². The molecule has 0 aliphatic rings. The van der Waals surface area contributed by atoms with Crippen LogP contribution in [-0.2, 0) is 20.1 Å². The van der Waals surface area contributed by atoms with Crippen molar-refractivity contribution in [1.82, 2.24) is 25.2 Å². The van der Waals surface area contributed by atoms with Crippen LogP contribution in [0.1, 0.15) is 11.5 Å². The van der Waals surface area contributed by atoms with Gasteiger partial charge in [-0.25, -0.2) is 9.97 Å². The van der Waals surface area contributed by atoms with E-state index in [2.05, 4.69) is 36.2 Å². The van der Waals surface area contributed by atoms with E-state index in [-0.39, 0.29) is 24.0 Å². The van der Waals surface area contributed by atoms with Gasteiger partial charge in [-0.2, -0.15) is 0 Å². The number of rotatable bonds is 5. The van der Waals surface area contributed by atoms with Gasteiger partial charge in [0.1, 0.15) is 12.1 Å². The van der Waals surface area contributed by atoms with Crippen LogP contribution in [0.15, 0.2) is 70.3 Å². The smallest absolute Gasteiger partial charge is 0.226 e. The van der Waals surface area contributed by atoms with E-state index in [1.807, 2.05) is 55.6 Å². The van der Waals surface area contributed by atoms with Gasteiger partial charge in [-0.15, -0.1) is 24.0 Å². The lowest BCUT2D eigenvalue weighted by Gasteiger charge is -2.10. The normalized spacial score (nSPS) is 11.3. The standard InChI is InChI=1S/C21H22N6O.HI/c1-22-21(24-13-19-26-17-10-6-7-11-18(17)27(19)2)23-12-16-14-28-20(25-16)15-8-4-3-5-9-15;/h3-11,14H,12-13H2,1-2H3,(H2,22,23,24);1H. The summed E-state index contributed by atoms with van der Waals surface area (Å²) < 4.78 is 7.65. The molecule has 29 heavy (non-hydrogen) atoms. The lowest BCUT2D eigenvalue weighted by molar-refractivity contribution is 0.572. The molecule has 0 atom stereocenters. The number of guanidine groups is 1. The second kappa shape index (κ2) is 9.55. The van der Waals surface area contributed by atoms with Gasteiger partial charge in [0, 0.05) is 19.7 Å². The highest BCUT2D eigenvalue weighted by Gasteiger charge is 2.09. The maximum Gasteiger partial charge on any atom is 0.226 e. The van der Waals surface area contributed by atoms with Crippen molar-refractivity contribution in [2.75, 3.05) is 7.05 Å². The van der Waals surface area contributed by atoms with Crippen molar-refractivity contribution in [1.29, 1.82) is 0 Å². The minimum absolute atomic E-state index is 0. The Balaban J connectivity index is 0.00000240. The topological polar surface area (TPSA) is 80.3 Å². The fourth-order valence-corrected chi connectivity index (χ4v) is 3.01. The predicted octanol–water partition coefficient (Wildman–Crippen LogP) is 3.71. The molecule has 0 unspecified atom stereocenters. The largest absolute Gasteiger partial charge is 0.444 e. The molecule has 0 amide bonds. The fourth-order valence-electron chi connectivity index (χ4n) is 3.01. The maximum absolute atomic E-state index is 5.57. The van der Waals surface area contributed by atoms with E-state index in [0.29, 0.717) is 24.9 Å². The van der Waals surface area contributed by atoms with E-state index < -0.39 is 0 Å². The zero-order chi connectivity index (χ0) is 19.3. The number of hydrogen-bond donors (Lipinski definition) is 2. The number of benzene rings is 2. The van der Waals surface area contributed by atoms with E-state index >= 15 is 0 Å². The maximum atomic E-state index is 5.57. The second-order valence-electron chi connectivity index (χ2n) is 6.37. The van der Waals surface area contributed by atoms with Gasteiger partial charge in [0.2, 0.25) is 5.89 Å². The number of aliphatic imine (C=N–C) groups is 1. The summed E-state index contributed by atoms with van der Waals surface area (Å²) in [7, 11) is 3.76. The molecule has 4 rings (SSSR count). The van der Waals surface area contributed by atoms with E-state index in [1.54, 1.807) is 13.3 Å². The first-order chi connectivity index (χ1) is 13.7. The molecule has 7 nitrogen and oxygen atoms in total. The Labute approximate surface area is 186 Å². The summed E-state index contributed by atoms with van der Waals surface area (Å²) in [4.78, 5) is 13.4. The molecule has 2 aromatic carbocycles. The van der Waals surface area contributed by atoms with Gasteiger partial charge < -0.3 is 19.6 Å². The first-order valence-corrected chi connectivity index (χ1v) is 9.09. The van der Waals surface area contributed by atoms with Gasteiger partial charge in [-0.1, -0.05) is 30.3 Å². The number of oxazole rings is 1. The molecule has 0 aliphatic heterocycles. The number of nitrogens with zero attached hydrogens (tertiary/aromatic N) is 4. The monoisotopic (exact) mass is 502 g/mol. The van der Waals surface area contributed by atoms with Crippen molar-refractivity contribution in [3.05, 3.63) is 72.4 Å². The minimum atomic E-state index is 0. The highest BCUT2D eigenvalue weighted by atomic mass is 127. The third-order valence-corrected chi connectivity index (χ3v) is 4.53. The van der Waals surface area contributed by atoms with Crippen LogP contribution in [0.4, 0.5) is 0 Å². The Morgan fingerprint density at radius 1 is 1.00 bits per heavy atom. The first kappa shape index (κ1) is 20.8. The first-order valence-electron chi connectivity index (χ1n) is 9.09. The summed E-state index contributed by atoms with van der Waals surface area (Å²) >= 11 is 0. The number of aryl methyl sites for hydroxylation is 1. The summed E-state index contributed by atoms with van der Waals surface area (Å²) in [5.74, 6) is 2.23. The van der Waals surface area contributed by atoms with Crippen LogP contribution in [0.5, 0.6) is 0 Å². The number of nitrogens with one attached hydrogen (secondary N) is 2. The lowest BCUT2D eigenvalue weighted by Crippen LogP contribution is -2.37. The van der Waals surface area contributed by atoms with E-state index in [9.17, 15) is 0 Å². The third-order valence-electron chi connectivity index (χ3n) is 4.53. The number of fused-ring (bicyclic) bond motifs is 1. The molecule has 2 aromatic heterocycles. The molecule has 0 saturated heterocycles. The van der Waals surface area contributed by atoms with Crippen LogP contribution >= 0.6 is 24.0 Å². The van der Waals surface area contributed by atoms with Crippen LogP contribution < -0.4 is 10.6 Å². The van der Waals surface area contributed by atoms with E-state index in [1.165, 1.54) is 0 Å². The second-order valence-corrected chi connectivity index (χ2v) is 6.37. The molecular weight excluding hydrogens is 479 g/mol. The zero-order valence-electron chi connectivity index (χ0n) is 16.3. The molecule has 4 aromatic rings. The number of imidazole rings is 1. The summed E-state index contributed by atoms with van der Waals surface area (Å²) in [5.41, 5.74) is 3.86. The van der Waals surface area contributed by atoms with Gasteiger partial charge in [-0.05, 0) is 24.3 Å². The van der Waals surface area contributed by atoms with E-state index in [4.69, 9.17) is 4.42 Å². The Morgan fingerprint density at radius 3 is 2.48 bits per heavy atom. The molecule has 0 radical (unpaired) electrons. The van der Waals surface area contributed by atoms with Crippen molar-refractivity contribution in [2.45, 2.75) is 13.1 Å². The van der Waals surface area contributed by atoms with Gasteiger partial charge >= 0.3 is 0 Å². The highest BCUT2D eigenvalue weighted by molar-refractivity contribution is 14.0. The predicted molar refractivity (Wildman–Crippen MR) is 125 cm³/mol. The molecule has 0 saturated carbocycles. The summed E-state index contributed by atoms with van der Waals surface area (Å²) in [6, 6.07) is 17.9. The van der Waals surface area contributed by atoms with Gasteiger partial charge in [0.25, 0.3) is 0 Å². The summed E-state index contributed by atoms with van der Waals surface area (Å²) in [6.07, 6.45) is 1.66. The van der Waals surface area contributed by atoms with E-state index in [0.717, 1.165) is 28.1 Å². The average Bonchev–Trinajstić information content (AvgIpc) is 3.34. The molecule has 0 bridgehead atoms. The van der Waals surface area contributed by atoms with Gasteiger partial charge in [0.05, 0.1) is 29.8 Å². The molecule has 150 valence electrons. The molecule has 0 spiro atoms. The number of aromatic nitrogens is 3. The Hall–Kier alpha value is -2.88. The van der Waals surface area contributed by atoms with Crippen molar-refractivity contribution >= 4 is 41.0 Å². The van der Waals surface area contributed by atoms with Crippen LogP contribution in [0.2, 0.25) is 0 Å². The van der Waals surface area contributed by atoms with Crippen molar-refractivity contribution < 1.29 is 4.42 Å². The molecule has 2 heterocycles. The third kappa shape index (κ3) is 4.76. The molecule has 2 N–H and O–H groups in total. The number of halogens is 1. The van der Waals surface area contributed by atoms with Crippen LogP contribution in [0.3, 0.4) is 0 Å². The molecular formula is C21H23IN6O. The van der Waals surface area contributed by atoms with Crippen LogP contribution in [-0.4, -0.2) is 27.5 Å². The Kier molecular flexibility index (Phi) is 6.86. The van der Waals surface area contributed by atoms with Gasteiger partial charge in [-0.3, -0.25) is 4.99 Å². The highest BCUT2D eigenvalue weighted by Crippen LogP contribution is 2.17. The lowest BCUT2D eigenvalue weighted by atomic mass is 10.2. The fraction of sp³-hybridized carbons (Fsp3) is 0.190. The number of para-hydroxylation sites is 2. The summed E-state index contributed by atoms with van der Waals surface area (Å²) in [5, 5.41) is 6.55.